The number of benzene rings is 1. The number of rotatable bonds is 2. The van der Waals surface area contributed by atoms with Crippen molar-refractivity contribution >= 4 is 21.9 Å². The number of halogens is 1. The summed E-state index contributed by atoms with van der Waals surface area (Å²) in [6.07, 6.45) is 0. The number of aromatic carboxylic acids is 1. The van der Waals surface area contributed by atoms with Crippen molar-refractivity contribution in [3.05, 3.63) is 44.9 Å². The van der Waals surface area contributed by atoms with Crippen LogP contribution in [0.15, 0.2) is 38.1 Å². The second-order valence-corrected chi connectivity index (χ2v) is 4.33. The zero-order valence-electron chi connectivity index (χ0n) is 8.81. The van der Waals surface area contributed by atoms with Gasteiger partial charge in [0.1, 0.15) is 5.56 Å². The van der Waals surface area contributed by atoms with E-state index in [0.29, 0.717) is 5.56 Å². The molecule has 0 spiro atoms. The van der Waals surface area contributed by atoms with E-state index in [4.69, 9.17) is 9.63 Å². The van der Waals surface area contributed by atoms with Gasteiger partial charge in [-0.25, -0.2) is 14.3 Å². The summed E-state index contributed by atoms with van der Waals surface area (Å²) in [7, 11) is 1.38. The van der Waals surface area contributed by atoms with Crippen LogP contribution in [0.25, 0.3) is 11.1 Å². The lowest BCUT2D eigenvalue weighted by Gasteiger charge is -2.00. The molecule has 0 saturated carbocycles. The fourth-order valence-electron chi connectivity index (χ4n) is 1.61. The summed E-state index contributed by atoms with van der Waals surface area (Å²) in [5.41, 5.74) is -0.261. The van der Waals surface area contributed by atoms with Gasteiger partial charge < -0.3 is 9.63 Å². The normalized spacial score (nSPS) is 10.5. The lowest BCUT2D eigenvalue weighted by Crippen LogP contribution is -2.06. The maximum absolute atomic E-state index is 11.6. The van der Waals surface area contributed by atoms with Crippen LogP contribution in [0.5, 0.6) is 0 Å². The molecule has 0 aliphatic rings. The molecular weight excluding hydrogens is 290 g/mol. The van der Waals surface area contributed by atoms with Crippen molar-refractivity contribution in [1.82, 2.24) is 4.74 Å². The Hall–Kier alpha value is -1.82. The Morgan fingerprint density at radius 1 is 1.47 bits per heavy atom. The summed E-state index contributed by atoms with van der Waals surface area (Å²) < 4.78 is 6.48. The van der Waals surface area contributed by atoms with E-state index in [1.807, 2.05) is 0 Å². The van der Waals surface area contributed by atoms with Crippen molar-refractivity contribution in [3.63, 3.8) is 0 Å². The van der Waals surface area contributed by atoms with Crippen molar-refractivity contribution < 1.29 is 14.4 Å². The molecule has 1 N–H and O–H groups in total. The number of nitrogens with zero attached hydrogens (tertiary/aromatic N) is 1. The molecule has 0 unspecified atom stereocenters. The van der Waals surface area contributed by atoms with E-state index in [1.165, 1.54) is 7.05 Å². The summed E-state index contributed by atoms with van der Waals surface area (Å²) >= 11 is 3.27. The molecule has 0 saturated heterocycles. The maximum Gasteiger partial charge on any atom is 0.366 e. The Labute approximate surface area is 104 Å². The maximum atomic E-state index is 11.6. The molecular formula is C11H8BrNO4. The molecule has 0 aliphatic carbocycles. The smallest absolute Gasteiger partial charge is 0.366 e. The zero-order valence-corrected chi connectivity index (χ0v) is 10.4. The average molecular weight is 298 g/mol. The van der Waals surface area contributed by atoms with Crippen molar-refractivity contribution in [2.45, 2.75) is 0 Å². The summed E-state index contributed by atoms with van der Waals surface area (Å²) in [6.45, 7) is 0. The van der Waals surface area contributed by atoms with Gasteiger partial charge in [-0.15, -0.1) is 0 Å². The molecule has 0 amide bonds. The first-order chi connectivity index (χ1) is 8.00. The van der Waals surface area contributed by atoms with Gasteiger partial charge in [0.25, 0.3) is 0 Å². The van der Waals surface area contributed by atoms with Crippen LogP contribution in [0.3, 0.4) is 0 Å². The topological polar surface area (TPSA) is 72.4 Å². The first kappa shape index (κ1) is 11.7. The standard InChI is InChI=1S/C11H8BrNO4/c1-13-9(10(14)15)8(11(16)17-13)6-3-2-4-7(12)5-6/h2-5H,1H3,(H,14,15). The van der Waals surface area contributed by atoms with Crippen molar-refractivity contribution in [3.8, 4) is 11.1 Å². The molecule has 0 fully saturated rings. The number of carbonyl (C=O) groups is 1. The number of carboxylic acid groups (broad SMARTS) is 1. The molecule has 0 bridgehead atoms. The largest absolute Gasteiger partial charge is 0.476 e. The highest BCUT2D eigenvalue weighted by Crippen LogP contribution is 2.23. The number of aromatic nitrogens is 1. The van der Waals surface area contributed by atoms with Crippen LogP contribution in [0, 0.1) is 0 Å². The van der Waals surface area contributed by atoms with Gasteiger partial charge in [-0.05, 0) is 17.7 Å². The summed E-state index contributed by atoms with van der Waals surface area (Å²) in [6, 6.07) is 6.83. The van der Waals surface area contributed by atoms with Crippen LogP contribution in [-0.2, 0) is 7.05 Å². The minimum Gasteiger partial charge on any atom is -0.476 e. The molecule has 1 aromatic carbocycles. The Kier molecular flexibility index (Phi) is 2.89. The Bertz CT molecular complexity index is 641. The van der Waals surface area contributed by atoms with Crippen LogP contribution in [-0.4, -0.2) is 15.8 Å². The van der Waals surface area contributed by atoms with Gasteiger partial charge in [-0.3, -0.25) is 0 Å². The van der Waals surface area contributed by atoms with E-state index in [9.17, 15) is 9.59 Å². The number of carboxylic acids is 1. The van der Waals surface area contributed by atoms with Crippen LogP contribution < -0.4 is 5.63 Å². The number of aryl methyl sites for hydroxylation is 1. The van der Waals surface area contributed by atoms with E-state index < -0.39 is 11.6 Å². The highest BCUT2D eigenvalue weighted by molar-refractivity contribution is 9.10. The predicted octanol–water partition coefficient (Wildman–Crippen LogP) is 2.11. The second-order valence-electron chi connectivity index (χ2n) is 3.42. The molecule has 0 radical (unpaired) electrons. The fourth-order valence-corrected chi connectivity index (χ4v) is 2.01. The molecule has 2 rings (SSSR count). The molecule has 88 valence electrons. The fraction of sp³-hybridized carbons (Fsp3) is 0.0909. The van der Waals surface area contributed by atoms with Gasteiger partial charge in [0.05, 0.1) is 0 Å². The zero-order chi connectivity index (χ0) is 12.6. The molecule has 1 aromatic heterocycles. The van der Waals surface area contributed by atoms with Crippen LogP contribution in [0.1, 0.15) is 10.5 Å². The SMILES string of the molecule is Cn1oc(=O)c(-c2cccc(Br)c2)c1C(=O)O. The first-order valence-corrected chi connectivity index (χ1v) is 5.49. The van der Waals surface area contributed by atoms with Gasteiger partial charge in [-0.1, -0.05) is 28.1 Å². The number of hydrogen-bond donors (Lipinski definition) is 1. The highest BCUT2D eigenvalue weighted by Gasteiger charge is 2.22. The lowest BCUT2D eigenvalue weighted by atomic mass is 10.1. The quantitative estimate of drug-likeness (QED) is 0.921. The van der Waals surface area contributed by atoms with E-state index in [1.54, 1.807) is 24.3 Å². The minimum atomic E-state index is -1.20. The summed E-state index contributed by atoms with van der Waals surface area (Å²) in [5.74, 6) is -1.20. The van der Waals surface area contributed by atoms with Gasteiger partial charge in [0.15, 0.2) is 5.69 Å². The first-order valence-electron chi connectivity index (χ1n) is 4.70. The minimum absolute atomic E-state index is 0.0568. The third-order valence-corrected chi connectivity index (χ3v) is 2.78. The number of hydrogen-bond acceptors (Lipinski definition) is 3. The van der Waals surface area contributed by atoms with Gasteiger partial charge in [-0.2, -0.15) is 0 Å². The lowest BCUT2D eigenvalue weighted by molar-refractivity contribution is 0.0673. The molecule has 1 heterocycles. The van der Waals surface area contributed by atoms with Gasteiger partial charge >= 0.3 is 11.6 Å². The Morgan fingerprint density at radius 2 is 2.18 bits per heavy atom. The van der Waals surface area contributed by atoms with E-state index in [-0.39, 0.29) is 11.3 Å². The van der Waals surface area contributed by atoms with Crippen LogP contribution in [0.2, 0.25) is 0 Å². The van der Waals surface area contributed by atoms with E-state index >= 15 is 0 Å². The monoisotopic (exact) mass is 297 g/mol. The average Bonchev–Trinajstić information content (AvgIpc) is 2.53. The molecule has 0 aliphatic heterocycles. The van der Waals surface area contributed by atoms with Crippen molar-refractivity contribution in [2.75, 3.05) is 0 Å². The van der Waals surface area contributed by atoms with E-state index in [0.717, 1.165) is 9.21 Å². The molecule has 5 nitrogen and oxygen atoms in total. The molecule has 17 heavy (non-hydrogen) atoms. The summed E-state index contributed by atoms with van der Waals surface area (Å²) in [4.78, 5) is 22.7. The highest BCUT2D eigenvalue weighted by atomic mass is 79.9. The van der Waals surface area contributed by atoms with Gasteiger partial charge in [0.2, 0.25) is 0 Å². The van der Waals surface area contributed by atoms with Crippen molar-refractivity contribution in [2.24, 2.45) is 7.05 Å². The Balaban J connectivity index is 2.75. The van der Waals surface area contributed by atoms with Crippen LogP contribution in [0.4, 0.5) is 0 Å². The molecule has 6 heteroatoms. The third kappa shape index (κ3) is 2.03. The van der Waals surface area contributed by atoms with Gasteiger partial charge in [0, 0.05) is 11.5 Å². The predicted molar refractivity (Wildman–Crippen MR) is 64.0 cm³/mol. The molecule has 2 aromatic rings. The van der Waals surface area contributed by atoms with Crippen LogP contribution >= 0.6 is 15.9 Å². The molecule has 0 atom stereocenters. The van der Waals surface area contributed by atoms with Crippen molar-refractivity contribution in [1.29, 1.82) is 0 Å². The third-order valence-electron chi connectivity index (χ3n) is 2.29. The summed E-state index contributed by atoms with van der Waals surface area (Å²) in [5, 5.41) is 9.06. The second kappa shape index (κ2) is 4.21. The Morgan fingerprint density at radius 3 is 2.76 bits per heavy atom. The van der Waals surface area contributed by atoms with E-state index in [2.05, 4.69) is 15.9 Å².